The summed E-state index contributed by atoms with van der Waals surface area (Å²) in [7, 11) is -3.39. The van der Waals surface area contributed by atoms with E-state index in [1.807, 2.05) is 0 Å². The summed E-state index contributed by atoms with van der Waals surface area (Å²) in [6, 6.07) is 105. The van der Waals surface area contributed by atoms with Gasteiger partial charge in [0.05, 0.1) is 49.8 Å². The van der Waals surface area contributed by atoms with Crippen LogP contribution in [0, 0.1) is 0 Å². The third kappa shape index (κ3) is 6.37. The van der Waals surface area contributed by atoms with Crippen molar-refractivity contribution in [1.82, 2.24) is 23.3 Å². The maximum atomic E-state index is 6.15. The van der Waals surface area contributed by atoms with E-state index in [0.717, 1.165) is 50.3 Å². The highest BCUT2D eigenvalue weighted by atomic mass is 28.3. The summed E-state index contributed by atoms with van der Waals surface area (Å²) in [5.41, 5.74) is 12.5. The lowest BCUT2D eigenvalue weighted by molar-refractivity contribution is 1.07. The molecule has 0 saturated heterocycles. The Hall–Kier alpha value is -10.0. The van der Waals surface area contributed by atoms with Gasteiger partial charge >= 0.3 is 0 Å². The first kappa shape index (κ1) is 43.4. The van der Waals surface area contributed by atoms with Crippen LogP contribution < -0.4 is 20.9 Å². The molecule has 0 unspecified atom stereocenters. The van der Waals surface area contributed by atoms with Crippen molar-refractivity contribution in [1.29, 1.82) is 0 Å². The molecule has 5 heterocycles. The molecule has 0 atom stereocenters. The van der Waals surface area contributed by atoms with Gasteiger partial charge in [-0.1, -0.05) is 200 Å². The van der Waals surface area contributed by atoms with E-state index in [1.165, 1.54) is 80.7 Å². The van der Waals surface area contributed by atoms with E-state index in [1.54, 1.807) is 0 Å². The van der Waals surface area contributed by atoms with Crippen molar-refractivity contribution in [3.63, 3.8) is 0 Å². The number of fused-ring (bicyclic) bond motifs is 12. The molecule has 0 aliphatic carbocycles. The largest absolute Gasteiger partial charge is 0.309 e. The quantitative estimate of drug-likeness (QED) is 0.110. The first-order valence-corrected chi connectivity index (χ1v) is 28.5. The molecule has 11 aromatic carbocycles. The molecule has 77 heavy (non-hydrogen) atoms. The molecular weight excluding hydrogens is 951 g/mol. The third-order valence-electron chi connectivity index (χ3n) is 16.3. The average Bonchev–Trinajstić information content (AvgIpc) is 4.44. The summed E-state index contributed by atoms with van der Waals surface area (Å²) in [5, 5.41) is 14.5. The fourth-order valence-corrected chi connectivity index (χ4v) is 17.7. The molecule has 5 aromatic heterocycles. The molecule has 6 heteroatoms. The van der Waals surface area contributed by atoms with E-state index in [4.69, 9.17) is 4.98 Å². The summed E-state index contributed by atoms with van der Waals surface area (Å²) in [4.78, 5) is 6.15. The molecule has 0 amide bonds. The SMILES string of the molecule is c1ccc([Si](c2ccccc2)(c2cccc(-n3c4ccccc4c4ccccc43)c2)c2cc(-n3c4ccccc4c4cc(-n5c6ccccc6c6ccccc65)ccc43)cc(-n3c4ccccc4c4ccccc43)n2)cc1. The van der Waals surface area contributed by atoms with Gasteiger partial charge in [0, 0.05) is 65.8 Å². The third-order valence-corrected chi connectivity index (χ3v) is 20.9. The molecule has 0 aliphatic heterocycles. The Morgan fingerprint density at radius 2 is 0.558 bits per heavy atom. The molecule has 16 rings (SSSR count). The Bertz CT molecular complexity index is 4800. The number of aromatic nitrogens is 5. The highest BCUT2D eigenvalue weighted by molar-refractivity contribution is 7.19. The van der Waals surface area contributed by atoms with E-state index in [9.17, 15) is 0 Å². The first-order valence-electron chi connectivity index (χ1n) is 26.5. The van der Waals surface area contributed by atoms with Crippen LogP contribution in [0.1, 0.15) is 0 Å². The molecule has 0 bridgehead atoms. The van der Waals surface area contributed by atoms with E-state index < -0.39 is 8.07 Å². The fourth-order valence-electron chi connectivity index (χ4n) is 13.1. The lowest BCUT2D eigenvalue weighted by Crippen LogP contribution is -2.75. The van der Waals surface area contributed by atoms with Gasteiger partial charge in [-0.15, -0.1) is 0 Å². The van der Waals surface area contributed by atoms with Gasteiger partial charge in [0.15, 0.2) is 0 Å². The van der Waals surface area contributed by atoms with Crippen LogP contribution in [0.3, 0.4) is 0 Å². The molecule has 0 spiro atoms. The number of pyridine rings is 1. The van der Waals surface area contributed by atoms with Crippen molar-refractivity contribution < 1.29 is 0 Å². The van der Waals surface area contributed by atoms with Crippen LogP contribution in [0.2, 0.25) is 0 Å². The Labute approximate surface area is 445 Å². The van der Waals surface area contributed by atoms with Gasteiger partial charge in [0.2, 0.25) is 8.07 Å². The van der Waals surface area contributed by atoms with Crippen LogP contribution in [0.15, 0.2) is 285 Å². The molecule has 0 radical (unpaired) electrons. The van der Waals surface area contributed by atoms with Crippen molar-refractivity contribution >= 4 is 116 Å². The predicted molar refractivity (Wildman–Crippen MR) is 325 cm³/mol. The van der Waals surface area contributed by atoms with Crippen molar-refractivity contribution in [2.45, 2.75) is 0 Å². The molecular formula is C71H47N5Si. The summed E-state index contributed by atoms with van der Waals surface area (Å²) < 4.78 is 9.76. The smallest absolute Gasteiger partial charge is 0.202 e. The van der Waals surface area contributed by atoms with Crippen molar-refractivity contribution in [3.8, 4) is 22.9 Å². The second kappa shape index (κ2) is 17.0. The molecule has 16 aromatic rings. The first-order chi connectivity index (χ1) is 38.2. The predicted octanol–water partition coefficient (Wildman–Crippen LogP) is 14.8. The molecule has 0 N–H and O–H groups in total. The van der Waals surface area contributed by atoms with Gasteiger partial charge in [-0.2, -0.15) is 0 Å². The second-order valence-electron chi connectivity index (χ2n) is 20.3. The van der Waals surface area contributed by atoms with E-state index in [0.29, 0.717) is 0 Å². The number of para-hydroxylation sites is 7. The molecule has 0 aliphatic rings. The maximum absolute atomic E-state index is 6.15. The van der Waals surface area contributed by atoms with Gasteiger partial charge in [0.25, 0.3) is 0 Å². The van der Waals surface area contributed by atoms with Crippen molar-refractivity contribution in [3.05, 3.63) is 285 Å². The van der Waals surface area contributed by atoms with Gasteiger partial charge in [-0.25, -0.2) is 4.98 Å². The minimum absolute atomic E-state index is 0.866. The van der Waals surface area contributed by atoms with E-state index in [-0.39, 0.29) is 0 Å². The summed E-state index contributed by atoms with van der Waals surface area (Å²) >= 11 is 0. The molecule has 0 saturated carbocycles. The van der Waals surface area contributed by atoms with Gasteiger partial charge in [0.1, 0.15) is 5.82 Å². The number of nitrogens with zero attached hydrogens (tertiary/aromatic N) is 5. The standard InChI is InChI=1S/C71H47N5Si/c1-3-23-51(24-4-1)77(52-25-5-2-6-26-52,53-27-21-22-48(44-53)73-62-35-14-7-28-54(62)55-29-8-15-36-63(55)73)71-47-50(46-70(72-71)76-67-40-19-11-32-58(67)59-33-12-20-41-68(59)76)75-66-39-18-13-34-60(66)61-45-49(42-43-69(61)75)74-64-37-16-9-30-56(64)57-31-10-17-38-65(57)74/h1-47H. The zero-order valence-electron chi connectivity index (χ0n) is 41.9. The fraction of sp³-hybridized carbons (Fsp3) is 0. The summed E-state index contributed by atoms with van der Waals surface area (Å²) in [6.07, 6.45) is 0. The molecule has 5 nitrogen and oxygen atoms in total. The van der Waals surface area contributed by atoms with Crippen LogP contribution in [0.25, 0.3) is 110 Å². The number of rotatable bonds is 8. The Balaban J connectivity index is 1.03. The molecule has 0 fully saturated rings. The van der Waals surface area contributed by atoms with Gasteiger partial charge in [-0.3, -0.25) is 4.57 Å². The number of hydrogen-bond donors (Lipinski definition) is 0. The molecule has 360 valence electrons. The highest BCUT2D eigenvalue weighted by Crippen LogP contribution is 2.39. The zero-order chi connectivity index (χ0) is 50.6. The number of hydrogen-bond acceptors (Lipinski definition) is 1. The normalized spacial score (nSPS) is 12.2. The van der Waals surface area contributed by atoms with Crippen LogP contribution in [0.5, 0.6) is 0 Å². The lowest BCUT2D eigenvalue weighted by atomic mass is 10.1. The van der Waals surface area contributed by atoms with Gasteiger partial charge in [-0.05, 0) is 94.4 Å². The summed E-state index contributed by atoms with van der Waals surface area (Å²) in [5.74, 6) is 0.866. The van der Waals surface area contributed by atoms with Crippen LogP contribution in [0.4, 0.5) is 0 Å². The topological polar surface area (TPSA) is 32.6 Å². The van der Waals surface area contributed by atoms with Crippen molar-refractivity contribution in [2.75, 3.05) is 0 Å². The van der Waals surface area contributed by atoms with E-state index in [2.05, 4.69) is 303 Å². The highest BCUT2D eigenvalue weighted by Gasteiger charge is 2.44. The zero-order valence-corrected chi connectivity index (χ0v) is 42.9. The van der Waals surface area contributed by atoms with Crippen LogP contribution in [-0.2, 0) is 0 Å². The van der Waals surface area contributed by atoms with Crippen LogP contribution >= 0.6 is 0 Å². The second-order valence-corrected chi connectivity index (χ2v) is 24.0. The minimum Gasteiger partial charge on any atom is -0.309 e. The Morgan fingerprint density at radius 3 is 1.00 bits per heavy atom. The Morgan fingerprint density at radius 1 is 0.221 bits per heavy atom. The number of benzene rings is 11. The minimum atomic E-state index is -3.39. The monoisotopic (exact) mass is 997 g/mol. The summed E-state index contributed by atoms with van der Waals surface area (Å²) in [6.45, 7) is 0. The average molecular weight is 998 g/mol. The maximum Gasteiger partial charge on any atom is 0.202 e. The van der Waals surface area contributed by atoms with E-state index >= 15 is 0 Å². The Kier molecular flexibility index (Phi) is 9.59. The van der Waals surface area contributed by atoms with Crippen LogP contribution in [-0.4, -0.2) is 31.3 Å². The lowest BCUT2D eigenvalue weighted by Gasteiger charge is -2.34. The van der Waals surface area contributed by atoms with Crippen molar-refractivity contribution in [2.24, 2.45) is 0 Å². The van der Waals surface area contributed by atoms with Gasteiger partial charge < -0.3 is 13.7 Å².